The number of guanidine groups is 1. The van der Waals surface area contributed by atoms with Crippen LogP contribution in [0.3, 0.4) is 0 Å². The molecule has 2 aliphatic heterocycles. The Morgan fingerprint density at radius 3 is 2.96 bits per heavy atom. The quantitative estimate of drug-likeness (QED) is 0.383. The van der Waals surface area contributed by atoms with Gasteiger partial charge in [-0.15, -0.1) is 24.0 Å². The van der Waals surface area contributed by atoms with Crippen LogP contribution in [-0.2, 0) is 15.9 Å². The van der Waals surface area contributed by atoms with Crippen molar-refractivity contribution < 1.29 is 13.9 Å². The fourth-order valence-electron chi connectivity index (χ4n) is 3.24. The van der Waals surface area contributed by atoms with Crippen molar-refractivity contribution in [3.05, 3.63) is 24.2 Å². The number of nitrogens with zero attached hydrogens (tertiary/aromatic N) is 2. The fourth-order valence-corrected chi connectivity index (χ4v) is 3.24. The van der Waals surface area contributed by atoms with Gasteiger partial charge >= 0.3 is 0 Å². The first kappa shape index (κ1) is 20.5. The van der Waals surface area contributed by atoms with E-state index >= 15 is 0 Å². The summed E-state index contributed by atoms with van der Waals surface area (Å²) in [5, 5.41) is 3.48. The van der Waals surface area contributed by atoms with Gasteiger partial charge in [0.25, 0.3) is 0 Å². The smallest absolute Gasteiger partial charge is 0.193 e. The molecule has 2 fully saturated rings. The Morgan fingerprint density at radius 1 is 1.36 bits per heavy atom. The Bertz CT molecular complexity index is 498. The number of halogens is 1. The zero-order valence-corrected chi connectivity index (χ0v) is 17.3. The third-order valence-corrected chi connectivity index (χ3v) is 4.62. The average molecular weight is 463 g/mol. The number of hydrogen-bond donors (Lipinski definition) is 1. The molecule has 2 unspecified atom stereocenters. The first-order valence-electron chi connectivity index (χ1n) is 9.02. The molecular weight excluding hydrogens is 433 g/mol. The van der Waals surface area contributed by atoms with Crippen molar-refractivity contribution >= 4 is 29.9 Å². The predicted molar refractivity (Wildman–Crippen MR) is 109 cm³/mol. The Hall–Kier alpha value is -0.800. The Balaban J connectivity index is 0.00000225. The van der Waals surface area contributed by atoms with Crippen LogP contribution >= 0.6 is 24.0 Å². The zero-order chi connectivity index (χ0) is 16.6. The second-order valence-electron chi connectivity index (χ2n) is 6.67. The highest BCUT2D eigenvalue weighted by molar-refractivity contribution is 14.0. The van der Waals surface area contributed by atoms with Crippen molar-refractivity contribution in [2.75, 3.05) is 46.5 Å². The summed E-state index contributed by atoms with van der Waals surface area (Å²) in [6.07, 6.45) is 6.24. The topological polar surface area (TPSA) is 59.2 Å². The van der Waals surface area contributed by atoms with E-state index in [0.717, 1.165) is 76.9 Å². The van der Waals surface area contributed by atoms with Crippen LogP contribution in [0.25, 0.3) is 0 Å². The lowest BCUT2D eigenvalue weighted by Gasteiger charge is -2.25. The molecule has 2 aliphatic rings. The lowest BCUT2D eigenvalue weighted by molar-refractivity contribution is 0.117. The van der Waals surface area contributed by atoms with Gasteiger partial charge in [-0.05, 0) is 31.4 Å². The van der Waals surface area contributed by atoms with Gasteiger partial charge in [-0.25, -0.2) is 0 Å². The molecule has 6 nitrogen and oxygen atoms in total. The number of furan rings is 1. The fraction of sp³-hybridized carbons (Fsp3) is 0.722. The second-order valence-corrected chi connectivity index (χ2v) is 6.67. The molecule has 0 aromatic carbocycles. The van der Waals surface area contributed by atoms with E-state index in [4.69, 9.17) is 18.9 Å². The van der Waals surface area contributed by atoms with Gasteiger partial charge in [0, 0.05) is 45.7 Å². The summed E-state index contributed by atoms with van der Waals surface area (Å²) in [4.78, 5) is 7.02. The first-order valence-corrected chi connectivity index (χ1v) is 9.02. The number of nitrogens with one attached hydrogen (secondary N) is 1. The monoisotopic (exact) mass is 463 g/mol. The van der Waals surface area contributed by atoms with Crippen LogP contribution in [-0.4, -0.2) is 63.5 Å². The van der Waals surface area contributed by atoms with Crippen LogP contribution in [0.4, 0.5) is 0 Å². The van der Waals surface area contributed by atoms with E-state index in [1.807, 2.05) is 12.1 Å². The minimum absolute atomic E-state index is 0. The predicted octanol–water partition coefficient (Wildman–Crippen LogP) is 2.53. The highest BCUT2D eigenvalue weighted by Crippen LogP contribution is 2.14. The summed E-state index contributed by atoms with van der Waals surface area (Å²) in [6, 6.07) is 3.93. The maximum atomic E-state index is 5.69. The van der Waals surface area contributed by atoms with Crippen LogP contribution in [0.5, 0.6) is 0 Å². The molecule has 2 saturated heterocycles. The van der Waals surface area contributed by atoms with Gasteiger partial charge in [-0.1, -0.05) is 0 Å². The number of ether oxygens (including phenoxy) is 2. The summed E-state index contributed by atoms with van der Waals surface area (Å²) < 4.78 is 16.6. The van der Waals surface area contributed by atoms with E-state index in [0.29, 0.717) is 5.92 Å². The summed E-state index contributed by atoms with van der Waals surface area (Å²) in [5.74, 6) is 2.53. The van der Waals surface area contributed by atoms with Gasteiger partial charge in [0.1, 0.15) is 5.76 Å². The van der Waals surface area contributed by atoms with Gasteiger partial charge in [0.2, 0.25) is 0 Å². The molecule has 0 aliphatic carbocycles. The van der Waals surface area contributed by atoms with Crippen LogP contribution in [0.2, 0.25) is 0 Å². The molecule has 0 saturated carbocycles. The Morgan fingerprint density at radius 2 is 2.28 bits per heavy atom. The van der Waals surface area contributed by atoms with Crippen molar-refractivity contribution in [2.45, 2.75) is 31.8 Å². The molecule has 142 valence electrons. The Kier molecular flexibility index (Phi) is 9.05. The highest BCUT2D eigenvalue weighted by atomic mass is 127. The average Bonchev–Trinajstić information content (AvgIpc) is 3.32. The van der Waals surface area contributed by atoms with E-state index in [-0.39, 0.29) is 30.1 Å². The SMILES string of the molecule is CN(CC1CCOC1)C(=NCC1CCCO1)NCCc1ccco1.I. The van der Waals surface area contributed by atoms with Crippen molar-refractivity contribution in [1.82, 2.24) is 10.2 Å². The molecule has 0 spiro atoms. The van der Waals surface area contributed by atoms with Crippen LogP contribution in [0.1, 0.15) is 25.0 Å². The van der Waals surface area contributed by atoms with Crippen LogP contribution in [0.15, 0.2) is 27.8 Å². The molecule has 7 heteroatoms. The van der Waals surface area contributed by atoms with Gasteiger partial charge in [0.15, 0.2) is 5.96 Å². The maximum Gasteiger partial charge on any atom is 0.193 e. The van der Waals surface area contributed by atoms with Crippen molar-refractivity contribution in [3.8, 4) is 0 Å². The minimum atomic E-state index is 0. The maximum absolute atomic E-state index is 5.69. The zero-order valence-electron chi connectivity index (χ0n) is 15.0. The van der Waals surface area contributed by atoms with Gasteiger partial charge in [-0.3, -0.25) is 4.99 Å². The third-order valence-electron chi connectivity index (χ3n) is 4.62. The molecule has 3 heterocycles. The van der Waals surface area contributed by atoms with E-state index in [1.54, 1.807) is 6.26 Å². The van der Waals surface area contributed by atoms with E-state index in [9.17, 15) is 0 Å². The summed E-state index contributed by atoms with van der Waals surface area (Å²) in [7, 11) is 2.10. The minimum Gasteiger partial charge on any atom is -0.469 e. The molecule has 2 atom stereocenters. The summed E-state index contributed by atoms with van der Waals surface area (Å²) in [6.45, 7) is 5.12. The highest BCUT2D eigenvalue weighted by Gasteiger charge is 2.20. The van der Waals surface area contributed by atoms with Crippen molar-refractivity contribution in [1.29, 1.82) is 0 Å². The Labute approximate surface area is 167 Å². The van der Waals surface area contributed by atoms with Crippen molar-refractivity contribution in [2.24, 2.45) is 10.9 Å². The van der Waals surface area contributed by atoms with Crippen LogP contribution < -0.4 is 5.32 Å². The van der Waals surface area contributed by atoms with Crippen LogP contribution in [0, 0.1) is 5.92 Å². The largest absolute Gasteiger partial charge is 0.469 e. The van der Waals surface area contributed by atoms with Crippen molar-refractivity contribution in [3.63, 3.8) is 0 Å². The molecule has 0 amide bonds. The van der Waals surface area contributed by atoms with E-state index < -0.39 is 0 Å². The molecule has 1 N–H and O–H groups in total. The standard InChI is InChI=1S/C18H29N3O3.HI/c1-21(13-15-7-11-22-14-15)18(20-12-17-5-3-10-24-17)19-8-6-16-4-2-9-23-16;/h2,4,9,15,17H,3,5-8,10-14H2,1H3,(H,19,20);1H. The van der Waals surface area contributed by atoms with Gasteiger partial charge in [-0.2, -0.15) is 0 Å². The summed E-state index contributed by atoms with van der Waals surface area (Å²) in [5.41, 5.74) is 0. The van der Waals surface area contributed by atoms with Gasteiger partial charge in [0.05, 0.1) is 25.5 Å². The normalized spacial score (nSPS) is 23.5. The molecule has 25 heavy (non-hydrogen) atoms. The molecule has 3 rings (SSSR count). The van der Waals surface area contributed by atoms with E-state index in [1.165, 1.54) is 0 Å². The molecular formula is C18H30IN3O3. The number of rotatable bonds is 7. The van der Waals surface area contributed by atoms with E-state index in [2.05, 4.69) is 17.3 Å². The second kappa shape index (κ2) is 11.0. The lowest BCUT2D eigenvalue weighted by Crippen LogP contribution is -2.42. The third kappa shape index (κ3) is 6.79. The lowest BCUT2D eigenvalue weighted by atomic mass is 10.1. The molecule has 1 aromatic rings. The molecule has 1 aromatic heterocycles. The van der Waals surface area contributed by atoms with Gasteiger partial charge < -0.3 is 24.1 Å². The summed E-state index contributed by atoms with van der Waals surface area (Å²) >= 11 is 0. The molecule has 0 bridgehead atoms. The number of hydrogen-bond acceptors (Lipinski definition) is 4. The first-order chi connectivity index (χ1) is 11.8. The molecule has 0 radical (unpaired) electrons. The number of aliphatic imine (C=N–C) groups is 1.